The summed E-state index contributed by atoms with van der Waals surface area (Å²) in [4.78, 5) is 27.4. The molecule has 0 unspecified atom stereocenters. The van der Waals surface area contributed by atoms with Gasteiger partial charge < -0.3 is 14.0 Å². The molecule has 0 fully saturated rings. The van der Waals surface area contributed by atoms with Crippen molar-refractivity contribution in [1.29, 1.82) is 0 Å². The Balaban J connectivity index is 1.82. The van der Waals surface area contributed by atoms with E-state index in [0.29, 0.717) is 16.9 Å². The minimum atomic E-state index is -4.72. The van der Waals surface area contributed by atoms with E-state index in [9.17, 15) is 22.8 Å². The van der Waals surface area contributed by atoms with Crippen LogP contribution in [0.3, 0.4) is 0 Å². The lowest BCUT2D eigenvalue weighted by atomic mass is 10.1. The van der Waals surface area contributed by atoms with Gasteiger partial charge in [-0.1, -0.05) is 12.1 Å². The van der Waals surface area contributed by atoms with E-state index in [1.54, 1.807) is 24.3 Å². The number of nitrogens with zero attached hydrogens (tertiary/aromatic N) is 2. The molecule has 0 aliphatic heterocycles. The van der Waals surface area contributed by atoms with Crippen molar-refractivity contribution in [1.82, 2.24) is 9.55 Å². The van der Waals surface area contributed by atoms with Crippen molar-refractivity contribution in [3.05, 3.63) is 59.4 Å². The van der Waals surface area contributed by atoms with Crippen LogP contribution < -0.4 is 4.74 Å². The number of ether oxygens (including phenoxy) is 2. The SMILES string of the molecule is COc1ccc(C(C)=O)cc1COC(=O)Cn1c(C(F)(F)F)nc2ccccc21. The first kappa shape index (κ1) is 20.4. The van der Waals surface area contributed by atoms with Gasteiger partial charge in [-0.15, -0.1) is 0 Å². The van der Waals surface area contributed by atoms with Crippen molar-refractivity contribution in [2.24, 2.45) is 0 Å². The number of hydrogen-bond donors (Lipinski definition) is 0. The van der Waals surface area contributed by atoms with Crippen molar-refractivity contribution in [3.8, 4) is 5.75 Å². The highest BCUT2D eigenvalue weighted by atomic mass is 19.4. The molecule has 0 aliphatic rings. The second kappa shape index (κ2) is 7.94. The first-order valence-electron chi connectivity index (χ1n) is 8.56. The summed E-state index contributed by atoms with van der Waals surface area (Å²) in [6.07, 6.45) is -4.72. The molecule has 152 valence electrons. The molecule has 0 spiro atoms. The van der Waals surface area contributed by atoms with Crippen LogP contribution in [-0.4, -0.2) is 28.4 Å². The van der Waals surface area contributed by atoms with Gasteiger partial charge in [-0.25, -0.2) is 4.98 Å². The van der Waals surface area contributed by atoms with Crippen LogP contribution in [0.1, 0.15) is 28.7 Å². The topological polar surface area (TPSA) is 70.4 Å². The molecule has 0 N–H and O–H groups in total. The Hall–Kier alpha value is -3.36. The molecule has 29 heavy (non-hydrogen) atoms. The van der Waals surface area contributed by atoms with E-state index < -0.39 is 24.5 Å². The lowest BCUT2D eigenvalue weighted by Crippen LogP contribution is -2.20. The smallest absolute Gasteiger partial charge is 0.449 e. The zero-order chi connectivity index (χ0) is 21.2. The minimum absolute atomic E-state index is 0.128. The maximum absolute atomic E-state index is 13.3. The average Bonchev–Trinajstić information content (AvgIpc) is 3.05. The second-order valence-electron chi connectivity index (χ2n) is 6.25. The highest BCUT2D eigenvalue weighted by Gasteiger charge is 2.38. The fourth-order valence-corrected chi connectivity index (χ4v) is 2.90. The molecule has 2 aromatic carbocycles. The molecule has 1 aromatic heterocycles. The number of halogens is 3. The molecular formula is C20H17F3N2O4. The summed E-state index contributed by atoms with van der Waals surface area (Å²) in [7, 11) is 1.42. The van der Waals surface area contributed by atoms with E-state index in [1.807, 2.05) is 0 Å². The molecule has 0 saturated heterocycles. The fraction of sp³-hybridized carbons (Fsp3) is 0.250. The van der Waals surface area contributed by atoms with E-state index in [4.69, 9.17) is 9.47 Å². The molecule has 3 aromatic rings. The van der Waals surface area contributed by atoms with Crippen LogP contribution in [0, 0.1) is 0 Å². The van der Waals surface area contributed by atoms with Crippen molar-refractivity contribution >= 4 is 22.8 Å². The van der Waals surface area contributed by atoms with Gasteiger partial charge in [-0.2, -0.15) is 13.2 Å². The lowest BCUT2D eigenvalue weighted by molar-refractivity contribution is -0.151. The molecule has 9 heteroatoms. The van der Waals surface area contributed by atoms with Gasteiger partial charge in [0.05, 0.1) is 18.1 Å². The molecule has 3 rings (SSSR count). The molecule has 1 heterocycles. The third-order valence-electron chi connectivity index (χ3n) is 4.27. The average molecular weight is 406 g/mol. The number of methoxy groups -OCH3 is 1. The molecule has 0 radical (unpaired) electrons. The number of ketones is 1. The summed E-state index contributed by atoms with van der Waals surface area (Å²) in [5, 5.41) is 0. The number of alkyl halides is 3. The van der Waals surface area contributed by atoms with E-state index in [0.717, 1.165) is 4.57 Å². The van der Waals surface area contributed by atoms with Crippen molar-refractivity contribution in [2.45, 2.75) is 26.3 Å². The Morgan fingerprint density at radius 3 is 2.52 bits per heavy atom. The maximum atomic E-state index is 13.3. The van der Waals surface area contributed by atoms with Crippen LogP contribution in [0.25, 0.3) is 11.0 Å². The number of esters is 1. The van der Waals surface area contributed by atoms with Crippen LogP contribution in [0.15, 0.2) is 42.5 Å². The fourth-order valence-electron chi connectivity index (χ4n) is 2.90. The van der Waals surface area contributed by atoms with Gasteiger partial charge in [-0.3, -0.25) is 9.59 Å². The summed E-state index contributed by atoms with van der Waals surface area (Å²) in [6.45, 7) is 0.474. The quantitative estimate of drug-likeness (QED) is 0.457. The lowest BCUT2D eigenvalue weighted by Gasteiger charge is -2.13. The molecule has 0 amide bonds. The zero-order valence-corrected chi connectivity index (χ0v) is 15.6. The largest absolute Gasteiger partial charge is 0.496 e. The number of fused-ring (bicyclic) bond motifs is 1. The van der Waals surface area contributed by atoms with Gasteiger partial charge in [0.25, 0.3) is 0 Å². The Labute approximate surface area is 163 Å². The summed E-state index contributed by atoms with van der Waals surface area (Å²) >= 11 is 0. The summed E-state index contributed by atoms with van der Waals surface area (Å²) in [6, 6.07) is 10.7. The van der Waals surface area contributed by atoms with Crippen LogP contribution in [-0.2, 0) is 28.9 Å². The van der Waals surface area contributed by atoms with E-state index in [2.05, 4.69) is 4.98 Å². The normalized spacial score (nSPS) is 11.5. The van der Waals surface area contributed by atoms with Gasteiger partial charge in [0.1, 0.15) is 18.9 Å². The van der Waals surface area contributed by atoms with E-state index in [1.165, 1.54) is 32.2 Å². The summed E-state index contributed by atoms with van der Waals surface area (Å²) in [5.41, 5.74) is 1.13. The highest BCUT2D eigenvalue weighted by Crippen LogP contribution is 2.31. The molecule has 6 nitrogen and oxygen atoms in total. The van der Waals surface area contributed by atoms with Crippen LogP contribution >= 0.6 is 0 Å². The number of carbonyl (C=O) groups excluding carboxylic acids is 2. The maximum Gasteiger partial charge on any atom is 0.449 e. The van der Waals surface area contributed by atoms with Gasteiger partial charge in [-0.05, 0) is 37.3 Å². The Morgan fingerprint density at radius 1 is 1.14 bits per heavy atom. The number of rotatable bonds is 6. The number of benzene rings is 2. The van der Waals surface area contributed by atoms with Crippen molar-refractivity contribution in [3.63, 3.8) is 0 Å². The third-order valence-corrected chi connectivity index (χ3v) is 4.27. The number of carbonyl (C=O) groups is 2. The number of imidazole rings is 1. The Morgan fingerprint density at radius 2 is 1.86 bits per heavy atom. The minimum Gasteiger partial charge on any atom is -0.496 e. The van der Waals surface area contributed by atoms with Crippen LogP contribution in [0.5, 0.6) is 5.75 Å². The van der Waals surface area contributed by atoms with Gasteiger partial charge in [0.15, 0.2) is 5.78 Å². The summed E-state index contributed by atoms with van der Waals surface area (Å²) in [5.74, 6) is -1.84. The van der Waals surface area contributed by atoms with Crippen LogP contribution in [0.2, 0.25) is 0 Å². The molecule has 0 saturated carbocycles. The first-order chi connectivity index (χ1) is 13.7. The number of hydrogen-bond acceptors (Lipinski definition) is 5. The van der Waals surface area contributed by atoms with E-state index in [-0.39, 0.29) is 23.4 Å². The summed E-state index contributed by atoms with van der Waals surface area (Å²) < 4.78 is 51.1. The predicted molar refractivity (Wildman–Crippen MR) is 97.5 cm³/mol. The predicted octanol–water partition coefficient (Wildman–Crippen LogP) is 4.01. The second-order valence-corrected chi connectivity index (χ2v) is 6.25. The highest BCUT2D eigenvalue weighted by molar-refractivity contribution is 5.94. The van der Waals surface area contributed by atoms with E-state index >= 15 is 0 Å². The van der Waals surface area contributed by atoms with Crippen molar-refractivity contribution in [2.75, 3.05) is 7.11 Å². The molecule has 0 atom stereocenters. The number of Topliss-reactive ketones (excluding diaryl/α,β-unsaturated/α-hetero) is 1. The molecular weight excluding hydrogens is 389 g/mol. The van der Waals surface area contributed by atoms with Crippen LogP contribution in [0.4, 0.5) is 13.2 Å². The molecule has 0 aliphatic carbocycles. The van der Waals surface area contributed by atoms with Gasteiger partial charge in [0.2, 0.25) is 5.82 Å². The number of aromatic nitrogens is 2. The molecule has 0 bridgehead atoms. The number of para-hydroxylation sites is 2. The van der Waals surface area contributed by atoms with Gasteiger partial charge >= 0.3 is 12.1 Å². The standard InChI is InChI=1S/C20H17F3N2O4/c1-12(26)13-7-8-17(28-2)14(9-13)11-29-18(27)10-25-16-6-4-3-5-15(16)24-19(25)20(21,22)23/h3-9H,10-11H2,1-2H3. The Bertz CT molecular complexity index is 1070. The zero-order valence-electron chi connectivity index (χ0n) is 15.6. The van der Waals surface area contributed by atoms with Gasteiger partial charge in [0, 0.05) is 11.1 Å². The van der Waals surface area contributed by atoms with Crippen molar-refractivity contribution < 1.29 is 32.2 Å². The first-order valence-corrected chi connectivity index (χ1v) is 8.56. The Kier molecular flexibility index (Phi) is 5.58. The monoisotopic (exact) mass is 406 g/mol. The third kappa shape index (κ3) is 4.39.